The molecule has 3 aromatic rings. The molecule has 4 rings (SSSR count). The number of amides is 1. The molecule has 2 N–H and O–H groups in total. The molecule has 1 aromatic heterocycles. The van der Waals surface area contributed by atoms with Gasteiger partial charge in [0.05, 0.1) is 30.4 Å². The summed E-state index contributed by atoms with van der Waals surface area (Å²) in [6.07, 6.45) is 2.08. The van der Waals surface area contributed by atoms with Crippen LogP contribution < -0.4 is 11.0 Å². The Labute approximate surface area is 203 Å². The minimum atomic E-state index is -3.77. The summed E-state index contributed by atoms with van der Waals surface area (Å²) in [5, 5.41) is 7.74. The highest BCUT2D eigenvalue weighted by Gasteiger charge is 2.28. The summed E-state index contributed by atoms with van der Waals surface area (Å²) in [7, 11) is -3.77. The maximum absolute atomic E-state index is 12.9. The Kier molecular flexibility index (Phi) is 7.60. The highest BCUT2D eigenvalue weighted by molar-refractivity contribution is 7.92. The zero-order valence-electron chi connectivity index (χ0n) is 19.4. The lowest BCUT2D eigenvalue weighted by Crippen LogP contribution is -2.39. The maximum atomic E-state index is 12.9. The van der Waals surface area contributed by atoms with Gasteiger partial charge in [-0.05, 0) is 35.2 Å². The Bertz CT molecular complexity index is 1370. The zero-order valence-corrected chi connectivity index (χ0v) is 20.2. The number of fused-ring (bicyclic) bond motifs is 1. The molecular weight excluding hydrogens is 472 g/mol. The summed E-state index contributed by atoms with van der Waals surface area (Å²) in [5.74, 6) is -1.03. The lowest BCUT2D eigenvalue weighted by atomic mass is 10.0. The van der Waals surface area contributed by atoms with Crippen LogP contribution in [0.3, 0.4) is 0 Å². The third-order valence-corrected chi connectivity index (χ3v) is 7.66. The van der Waals surface area contributed by atoms with Crippen LogP contribution in [0.4, 0.5) is 0 Å². The first-order chi connectivity index (χ1) is 16.8. The van der Waals surface area contributed by atoms with Crippen molar-refractivity contribution in [2.45, 2.75) is 24.8 Å². The quantitative estimate of drug-likeness (QED) is 0.349. The topological polar surface area (TPSA) is 131 Å². The van der Waals surface area contributed by atoms with Crippen LogP contribution in [0.25, 0.3) is 22.0 Å². The van der Waals surface area contributed by atoms with Crippen LogP contribution in [0, 0.1) is 0 Å². The molecule has 0 unspecified atom stereocenters. The normalized spacial score (nSPS) is 15.7. The van der Waals surface area contributed by atoms with Gasteiger partial charge < -0.3 is 4.74 Å². The standard InChI is InChI=1S/C24H28N4O6S/c1-35(32,33)22(23(29)26-31)8-9-28-16-25-21-14-19(6-7-20(21)24(28)30)18-4-2-17(3-5-18)15-27-10-12-34-13-11-27/h2-7,14,16,22,31H,8-13,15H2,1H3,(H,26,29)/t22-/m1/s1. The monoisotopic (exact) mass is 500 g/mol. The first kappa shape index (κ1) is 25.0. The Morgan fingerprint density at radius 2 is 1.83 bits per heavy atom. The van der Waals surface area contributed by atoms with Crippen molar-refractivity contribution < 1.29 is 23.2 Å². The highest BCUT2D eigenvalue weighted by Crippen LogP contribution is 2.23. The molecule has 0 radical (unpaired) electrons. The molecule has 0 aliphatic carbocycles. The molecule has 0 bridgehead atoms. The Morgan fingerprint density at radius 1 is 1.14 bits per heavy atom. The van der Waals surface area contributed by atoms with Crippen LogP contribution in [0.2, 0.25) is 0 Å². The third-order valence-electron chi connectivity index (χ3n) is 6.17. The molecular formula is C24H28N4O6S. The number of carbonyl (C=O) groups is 1. The van der Waals surface area contributed by atoms with Crippen molar-refractivity contribution in [3.8, 4) is 11.1 Å². The van der Waals surface area contributed by atoms with E-state index in [2.05, 4.69) is 34.1 Å². The van der Waals surface area contributed by atoms with Crippen molar-refractivity contribution >= 4 is 26.6 Å². The first-order valence-corrected chi connectivity index (χ1v) is 13.2. The molecule has 1 atom stereocenters. The van der Waals surface area contributed by atoms with Crippen LogP contribution in [0.15, 0.2) is 53.6 Å². The number of morpholine rings is 1. The second-order valence-corrected chi connectivity index (χ2v) is 10.9. The number of nitrogens with zero attached hydrogens (tertiary/aromatic N) is 3. The van der Waals surface area contributed by atoms with E-state index in [1.165, 1.54) is 21.9 Å². The van der Waals surface area contributed by atoms with Crippen molar-refractivity contribution in [3.05, 3.63) is 64.7 Å². The third kappa shape index (κ3) is 5.93. The molecule has 11 heteroatoms. The maximum Gasteiger partial charge on any atom is 0.261 e. The number of hydrogen-bond acceptors (Lipinski definition) is 8. The molecule has 1 saturated heterocycles. The number of aryl methyl sites for hydroxylation is 1. The van der Waals surface area contributed by atoms with E-state index in [-0.39, 0.29) is 18.5 Å². The average molecular weight is 501 g/mol. The van der Waals surface area contributed by atoms with Gasteiger partial charge in [-0.2, -0.15) is 0 Å². The number of rotatable bonds is 8. The van der Waals surface area contributed by atoms with E-state index in [4.69, 9.17) is 9.94 Å². The number of ether oxygens (including phenoxy) is 1. The number of aromatic nitrogens is 2. The van der Waals surface area contributed by atoms with E-state index in [0.29, 0.717) is 10.9 Å². The number of sulfone groups is 1. The highest BCUT2D eigenvalue weighted by atomic mass is 32.2. The smallest absolute Gasteiger partial charge is 0.261 e. The molecule has 35 heavy (non-hydrogen) atoms. The number of hydroxylamine groups is 1. The van der Waals surface area contributed by atoms with Crippen molar-refractivity contribution in [3.63, 3.8) is 0 Å². The fourth-order valence-corrected chi connectivity index (χ4v) is 5.16. The Morgan fingerprint density at radius 3 is 2.49 bits per heavy atom. The van der Waals surface area contributed by atoms with Crippen LogP contribution >= 0.6 is 0 Å². The number of nitrogens with one attached hydrogen (secondary N) is 1. The van der Waals surface area contributed by atoms with E-state index in [9.17, 15) is 18.0 Å². The molecule has 1 aliphatic rings. The lowest BCUT2D eigenvalue weighted by Gasteiger charge is -2.26. The van der Waals surface area contributed by atoms with Crippen molar-refractivity contribution in [2.24, 2.45) is 0 Å². The van der Waals surface area contributed by atoms with Crippen molar-refractivity contribution in [1.29, 1.82) is 0 Å². The average Bonchev–Trinajstić information content (AvgIpc) is 2.85. The molecule has 0 saturated carbocycles. The summed E-state index contributed by atoms with van der Waals surface area (Å²) >= 11 is 0. The van der Waals surface area contributed by atoms with Crippen LogP contribution in [0.1, 0.15) is 12.0 Å². The van der Waals surface area contributed by atoms with Gasteiger partial charge in [-0.3, -0.25) is 24.3 Å². The molecule has 186 valence electrons. The van der Waals surface area contributed by atoms with Gasteiger partial charge in [0, 0.05) is 32.4 Å². The summed E-state index contributed by atoms with van der Waals surface area (Å²) in [5.41, 5.74) is 4.72. The van der Waals surface area contributed by atoms with E-state index in [1.807, 2.05) is 12.1 Å². The van der Waals surface area contributed by atoms with Crippen LogP contribution in [0.5, 0.6) is 0 Å². The van der Waals surface area contributed by atoms with E-state index in [0.717, 1.165) is 50.2 Å². The van der Waals surface area contributed by atoms with Gasteiger partial charge in [-0.25, -0.2) is 18.9 Å². The first-order valence-electron chi connectivity index (χ1n) is 11.3. The Hall–Kier alpha value is -3.12. The molecule has 1 fully saturated rings. The number of carbonyl (C=O) groups excluding carboxylic acids is 1. The summed E-state index contributed by atoms with van der Waals surface area (Å²) < 4.78 is 30.4. The van der Waals surface area contributed by atoms with Crippen molar-refractivity contribution in [2.75, 3.05) is 32.6 Å². The molecule has 0 spiro atoms. The largest absolute Gasteiger partial charge is 0.379 e. The predicted octanol–water partition coefficient (Wildman–Crippen LogP) is 1.20. The zero-order chi connectivity index (χ0) is 25.0. The van der Waals surface area contributed by atoms with Crippen LogP contribution in [-0.4, -0.2) is 71.8 Å². The summed E-state index contributed by atoms with van der Waals surface area (Å²) in [4.78, 5) is 31.4. The minimum Gasteiger partial charge on any atom is -0.379 e. The van der Waals surface area contributed by atoms with Crippen LogP contribution in [-0.2, 0) is 32.5 Å². The van der Waals surface area contributed by atoms with Gasteiger partial charge in [0.1, 0.15) is 5.25 Å². The van der Waals surface area contributed by atoms with Gasteiger partial charge >= 0.3 is 0 Å². The van der Waals surface area contributed by atoms with Gasteiger partial charge in [-0.15, -0.1) is 0 Å². The van der Waals surface area contributed by atoms with E-state index < -0.39 is 21.0 Å². The molecule has 1 amide bonds. The van der Waals surface area contributed by atoms with E-state index >= 15 is 0 Å². The SMILES string of the molecule is CS(=O)(=O)[C@H](CCn1cnc2cc(-c3ccc(CN4CCOCC4)cc3)ccc2c1=O)C(=O)NO. The van der Waals surface area contributed by atoms with Gasteiger partial charge in [-0.1, -0.05) is 30.3 Å². The number of benzene rings is 2. The predicted molar refractivity (Wildman–Crippen MR) is 131 cm³/mol. The molecule has 10 nitrogen and oxygen atoms in total. The van der Waals surface area contributed by atoms with E-state index in [1.54, 1.807) is 6.07 Å². The molecule has 2 aromatic carbocycles. The van der Waals surface area contributed by atoms with Gasteiger partial charge in [0.2, 0.25) is 0 Å². The van der Waals surface area contributed by atoms with Gasteiger partial charge in [0.15, 0.2) is 9.84 Å². The fourth-order valence-electron chi connectivity index (χ4n) is 4.19. The van der Waals surface area contributed by atoms with Gasteiger partial charge in [0.25, 0.3) is 11.5 Å². The Balaban J connectivity index is 1.51. The summed E-state index contributed by atoms with van der Waals surface area (Å²) in [6.45, 7) is 4.22. The molecule has 1 aliphatic heterocycles. The number of hydrogen-bond donors (Lipinski definition) is 2. The lowest BCUT2D eigenvalue weighted by molar-refractivity contribution is -0.128. The minimum absolute atomic E-state index is 0.0424. The second kappa shape index (κ2) is 10.6. The second-order valence-electron chi connectivity index (χ2n) is 8.64. The fraction of sp³-hybridized carbons (Fsp3) is 0.375. The molecule has 2 heterocycles. The summed E-state index contributed by atoms with van der Waals surface area (Å²) in [6, 6.07) is 13.7. The van der Waals surface area contributed by atoms with Crippen molar-refractivity contribution in [1.82, 2.24) is 19.9 Å².